The van der Waals surface area contributed by atoms with Gasteiger partial charge in [-0.3, -0.25) is 0 Å². The highest BCUT2D eigenvalue weighted by molar-refractivity contribution is 5.76. The minimum absolute atomic E-state index is 0.0317. The number of imidazole rings is 1. The van der Waals surface area contributed by atoms with E-state index in [4.69, 9.17) is 10.7 Å². The second-order valence-electron chi connectivity index (χ2n) is 5.70. The van der Waals surface area contributed by atoms with Crippen molar-refractivity contribution in [3.63, 3.8) is 0 Å². The van der Waals surface area contributed by atoms with Crippen LogP contribution in [0.1, 0.15) is 51.9 Å². The van der Waals surface area contributed by atoms with E-state index in [1.54, 1.807) is 0 Å². The van der Waals surface area contributed by atoms with Crippen LogP contribution in [0.3, 0.4) is 0 Å². The summed E-state index contributed by atoms with van der Waals surface area (Å²) in [6.07, 6.45) is 3.34. The molecule has 0 saturated heterocycles. The van der Waals surface area contributed by atoms with Gasteiger partial charge in [-0.05, 0) is 30.9 Å². The lowest BCUT2D eigenvalue weighted by molar-refractivity contribution is 0.472. The summed E-state index contributed by atoms with van der Waals surface area (Å²) >= 11 is 0. The monoisotopic (exact) mass is 259 g/mol. The molecule has 1 aromatic heterocycles. The first-order valence-electron chi connectivity index (χ1n) is 7.34. The third-order valence-corrected chi connectivity index (χ3v) is 3.48. The molecule has 3 heteroatoms. The normalized spacial score (nSPS) is 13.3. The van der Waals surface area contributed by atoms with E-state index in [2.05, 4.69) is 43.5 Å². The molecule has 0 aliphatic heterocycles. The maximum absolute atomic E-state index is 6.35. The lowest BCUT2D eigenvalue weighted by atomic mass is 10.0. The summed E-state index contributed by atoms with van der Waals surface area (Å²) in [5.41, 5.74) is 8.62. The van der Waals surface area contributed by atoms with Crippen molar-refractivity contribution in [2.24, 2.45) is 11.7 Å². The van der Waals surface area contributed by atoms with E-state index in [9.17, 15) is 0 Å². The summed E-state index contributed by atoms with van der Waals surface area (Å²) < 4.78 is 2.31. The van der Waals surface area contributed by atoms with Crippen molar-refractivity contribution < 1.29 is 0 Å². The van der Waals surface area contributed by atoms with Crippen molar-refractivity contribution in [3.05, 3.63) is 30.1 Å². The van der Waals surface area contributed by atoms with Gasteiger partial charge in [0, 0.05) is 6.54 Å². The summed E-state index contributed by atoms with van der Waals surface area (Å²) in [6.45, 7) is 7.64. The Morgan fingerprint density at radius 3 is 2.68 bits per heavy atom. The molecule has 3 nitrogen and oxygen atoms in total. The summed E-state index contributed by atoms with van der Waals surface area (Å²) in [6, 6.07) is 8.36. The predicted molar refractivity (Wildman–Crippen MR) is 81.0 cm³/mol. The fourth-order valence-corrected chi connectivity index (χ4v) is 2.54. The van der Waals surface area contributed by atoms with Gasteiger partial charge in [0.25, 0.3) is 0 Å². The zero-order chi connectivity index (χ0) is 13.8. The van der Waals surface area contributed by atoms with Gasteiger partial charge < -0.3 is 10.3 Å². The molecular formula is C16H25N3. The van der Waals surface area contributed by atoms with E-state index in [1.165, 1.54) is 18.4 Å². The van der Waals surface area contributed by atoms with E-state index in [-0.39, 0.29) is 6.04 Å². The SMILES string of the molecule is CCCCn1c(C(N)CC(C)C)nc2ccccc21. The van der Waals surface area contributed by atoms with Crippen molar-refractivity contribution in [1.82, 2.24) is 9.55 Å². The number of rotatable bonds is 6. The van der Waals surface area contributed by atoms with E-state index in [0.717, 1.165) is 24.3 Å². The molecule has 104 valence electrons. The summed E-state index contributed by atoms with van der Waals surface area (Å²) in [7, 11) is 0. The van der Waals surface area contributed by atoms with Gasteiger partial charge in [0.15, 0.2) is 0 Å². The standard InChI is InChI=1S/C16H25N3/c1-4-5-10-19-15-9-7-6-8-14(15)18-16(19)13(17)11-12(2)3/h6-9,12-13H,4-5,10-11,17H2,1-3H3. The predicted octanol–water partition coefficient (Wildman–Crippen LogP) is 3.88. The third-order valence-electron chi connectivity index (χ3n) is 3.48. The molecule has 1 atom stereocenters. The molecular weight excluding hydrogens is 234 g/mol. The molecule has 2 rings (SSSR count). The lowest BCUT2D eigenvalue weighted by Crippen LogP contribution is -2.18. The summed E-state index contributed by atoms with van der Waals surface area (Å²) in [4.78, 5) is 4.76. The molecule has 1 unspecified atom stereocenters. The molecule has 0 spiro atoms. The first-order chi connectivity index (χ1) is 9.13. The van der Waals surface area contributed by atoms with Gasteiger partial charge in [0.1, 0.15) is 5.82 Å². The van der Waals surface area contributed by atoms with Crippen LogP contribution in [0.15, 0.2) is 24.3 Å². The highest BCUT2D eigenvalue weighted by Crippen LogP contribution is 2.24. The molecule has 2 aromatic rings. The molecule has 0 aliphatic rings. The van der Waals surface area contributed by atoms with Crippen molar-refractivity contribution in [2.45, 2.75) is 52.6 Å². The Hall–Kier alpha value is -1.35. The fourth-order valence-electron chi connectivity index (χ4n) is 2.54. The quantitative estimate of drug-likeness (QED) is 0.855. The third kappa shape index (κ3) is 3.16. The molecule has 0 aliphatic carbocycles. The number of unbranched alkanes of at least 4 members (excludes halogenated alkanes) is 1. The van der Waals surface area contributed by atoms with Crippen LogP contribution in [-0.4, -0.2) is 9.55 Å². The highest BCUT2D eigenvalue weighted by atomic mass is 15.1. The van der Waals surface area contributed by atoms with Crippen LogP contribution in [0.4, 0.5) is 0 Å². The van der Waals surface area contributed by atoms with Crippen LogP contribution in [0.5, 0.6) is 0 Å². The second kappa shape index (κ2) is 6.20. The minimum Gasteiger partial charge on any atom is -0.327 e. The molecule has 19 heavy (non-hydrogen) atoms. The minimum atomic E-state index is 0.0317. The average Bonchev–Trinajstić information content (AvgIpc) is 2.74. The number of aromatic nitrogens is 2. The van der Waals surface area contributed by atoms with E-state index < -0.39 is 0 Å². The van der Waals surface area contributed by atoms with Crippen LogP contribution < -0.4 is 5.73 Å². The van der Waals surface area contributed by atoms with Crippen LogP contribution in [-0.2, 0) is 6.54 Å². The maximum atomic E-state index is 6.35. The van der Waals surface area contributed by atoms with Gasteiger partial charge in [0.05, 0.1) is 17.1 Å². The number of para-hydroxylation sites is 2. The lowest BCUT2D eigenvalue weighted by Gasteiger charge is -2.16. The number of hydrogen-bond donors (Lipinski definition) is 1. The molecule has 1 heterocycles. The van der Waals surface area contributed by atoms with Gasteiger partial charge >= 0.3 is 0 Å². The Morgan fingerprint density at radius 1 is 1.26 bits per heavy atom. The number of aryl methyl sites for hydroxylation is 1. The summed E-state index contributed by atoms with van der Waals surface area (Å²) in [5, 5.41) is 0. The maximum Gasteiger partial charge on any atom is 0.126 e. The van der Waals surface area contributed by atoms with Gasteiger partial charge in [-0.15, -0.1) is 0 Å². The highest BCUT2D eigenvalue weighted by Gasteiger charge is 2.17. The average molecular weight is 259 g/mol. The molecule has 0 radical (unpaired) electrons. The Morgan fingerprint density at radius 2 is 2.00 bits per heavy atom. The molecule has 0 bridgehead atoms. The topological polar surface area (TPSA) is 43.8 Å². The van der Waals surface area contributed by atoms with Gasteiger partial charge in [-0.1, -0.05) is 39.3 Å². The van der Waals surface area contributed by atoms with Gasteiger partial charge in [0.2, 0.25) is 0 Å². The molecule has 0 amide bonds. The molecule has 2 N–H and O–H groups in total. The Balaban J connectivity index is 2.40. The van der Waals surface area contributed by atoms with Crippen LogP contribution in [0.25, 0.3) is 11.0 Å². The van der Waals surface area contributed by atoms with E-state index in [1.807, 2.05) is 6.07 Å². The van der Waals surface area contributed by atoms with Crippen LogP contribution in [0.2, 0.25) is 0 Å². The number of benzene rings is 1. The first kappa shape index (κ1) is 14.1. The van der Waals surface area contributed by atoms with Crippen molar-refractivity contribution >= 4 is 11.0 Å². The molecule has 0 fully saturated rings. The second-order valence-corrected chi connectivity index (χ2v) is 5.70. The number of nitrogens with two attached hydrogens (primary N) is 1. The number of fused-ring (bicyclic) bond motifs is 1. The Labute approximate surface area is 115 Å². The number of nitrogens with zero attached hydrogens (tertiary/aromatic N) is 2. The fraction of sp³-hybridized carbons (Fsp3) is 0.562. The van der Waals surface area contributed by atoms with Crippen LogP contribution in [0, 0.1) is 5.92 Å². The Kier molecular flexibility index (Phi) is 4.59. The molecule has 0 saturated carbocycles. The zero-order valence-corrected chi connectivity index (χ0v) is 12.3. The van der Waals surface area contributed by atoms with E-state index >= 15 is 0 Å². The van der Waals surface area contributed by atoms with E-state index in [0.29, 0.717) is 5.92 Å². The number of hydrogen-bond acceptors (Lipinski definition) is 2. The van der Waals surface area contributed by atoms with Gasteiger partial charge in [-0.2, -0.15) is 0 Å². The summed E-state index contributed by atoms with van der Waals surface area (Å²) in [5.74, 6) is 1.64. The Bertz CT molecular complexity index is 528. The molecule has 1 aromatic carbocycles. The van der Waals surface area contributed by atoms with Crippen molar-refractivity contribution in [3.8, 4) is 0 Å². The van der Waals surface area contributed by atoms with Gasteiger partial charge in [-0.25, -0.2) is 4.98 Å². The van der Waals surface area contributed by atoms with Crippen LogP contribution >= 0.6 is 0 Å². The smallest absolute Gasteiger partial charge is 0.126 e. The first-order valence-corrected chi connectivity index (χ1v) is 7.34. The zero-order valence-electron chi connectivity index (χ0n) is 12.3. The van der Waals surface area contributed by atoms with Crippen molar-refractivity contribution in [2.75, 3.05) is 0 Å². The largest absolute Gasteiger partial charge is 0.327 e. The van der Waals surface area contributed by atoms with Crippen molar-refractivity contribution in [1.29, 1.82) is 0 Å².